The van der Waals surface area contributed by atoms with E-state index in [0.29, 0.717) is 0 Å². The number of nitrogens with one attached hydrogen (secondary N) is 1. The molecule has 17 nitrogen and oxygen atoms in total. The first-order valence-corrected chi connectivity index (χ1v) is 18.3. The maximum absolute atomic E-state index is 16.0. The van der Waals surface area contributed by atoms with E-state index in [9.17, 15) is 14.6 Å². The Balaban J connectivity index is 1.20. The van der Waals surface area contributed by atoms with Crippen LogP contribution in [0.2, 0.25) is 0 Å². The molecule has 3 aliphatic rings. The number of pyridine rings is 1. The molecule has 0 aliphatic carbocycles. The Hall–Kier alpha value is -2.13. The molecule has 4 aromatic heterocycles. The summed E-state index contributed by atoms with van der Waals surface area (Å²) in [6, 6.07) is 1.52. The fourth-order valence-electron chi connectivity index (χ4n) is 5.30. The number of hydrogen-bond acceptors (Lipinski definition) is 16. The van der Waals surface area contributed by atoms with Gasteiger partial charge in [0.1, 0.15) is 37.3 Å². The van der Waals surface area contributed by atoms with Crippen molar-refractivity contribution in [1.29, 1.82) is 0 Å². The number of alkyl halides is 2. The van der Waals surface area contributed by atoms with Crippen molar-refractivity contribution in [1.82, 2.24) is 34.1 Å². The van der Waals surface area contributed by atoms with Crippen LogP contribution in [0.5, 0.6) is 0 Å². The second-order valence-electron chi connectivity index (χ2n) is 10.0. The molecule has 3 saturated heterocycles. The number of nitrogen functional groups attached to an aromatic ring is 1. The number of imidazole rings is 2. The molecule has 5 N–H and O–H groups in total. The van der Waals surface area contributed by atoms with Crippen LogP contribution < -0.4 is 11.3 Å². The van der Waals surface area contributed by atoms with Crippen LogP contribution in [0.25, 0.3) is 22.2 Å². The van der Waals surface area contributed by atoms with Gasteiger partial charge in [-0.05, 0) is 6.07 Å². The topological polar surface area (TPSA) is 216 Å². The lowest BCUT2D eigenvalue weighted by Crippen LogP contribution is -2.34. The zero-order valence-corrected chi connectivity index (χ0v) is 25.6. The summed E-state index contributed by atoms with van der Waals surface area (Å²) in [5.41, 5.74) is 6.06. The monoisotopic (exact) mass is 696 g/mol. The van der Waals surface area contributed by atoms with Gasteiger partial charge in [0.05, 0.1) is 42.7 Å². The first-order chi connectivity index (χ1) is 20.9. The van der Waals surface area contributed by atoms with Crippen LogP contribution in [0.4, 0.5) is 14.6 Å². The number of hydrogen-bond donors (Lipinski definition) is 6. The molecule has 4 aromatic rings. The molecule has 0 radical (unpaired) electrons. The number of anilines is 1. The Morgan fingerprint density at radius 3 is 2.34 bits per heavy atom. The zero-order valence-electron chi connectivity index (χ0n) is 22.0. The van der Waals surface area contributed by atoms with Crippen molar-refractivity contribution in [2.24, 2.45) is 0 Å². The van der Waals surface area contributed by atoms with Crippen molar-refractivity contribution in [3.63, 3.8) is 0 Å². The van der Waals surface area contributed by atoms with Crippen molar-refractivity contribution in [3.05, 3.63) is 41.6 Å². The van der Waals surface area contributed by atoms with E-state index in [1.165, 1.54) is 40.4 Å². The number of fused-ring (bicyclic) bond motifs is 5. The van der Waals surface area contributed by atoms with Gasteiger partial charge in [0.25, 0.3) is 5.56 Å². The number of nitrogens with zero attached hydrogens (tertiary/aromatic N) is 6. The first kappa shape index (κ1) is 30.5. The summed E-state index contributed by atoms with van der Waals surface area (Å²) < 4.78 is 68.5. The van der Waals surface area contributed by atoms with E-state index in [1.807, 2.05) is 0 Å². The summed E-state index contributed by atoms with van der Waals surface area (Å²) in [6.07, 6.45) is -7.45. The highest BCUT2D eigenvalue weighted by Crippen LogP contribution is 2.67. The fourth-order valence-corrected chi connectivity index (χ4v) is 8.26. The van der Waals surface area contributed by atoms with Crippen molar-refractivity contribution in [2.75, 3.05) is 18.9 Å². The maximum atomic E-state index is 16.0. The summed E-state index contributed by atoms with van der Waals surface area (Å²) in [6.45, 7) is -1.21. The van der Waals surface area contributed by atoms with Crippen LogP contribution in [-0.2, 0) is 27.6 Å². The number of nitrogens with two attached hydrogens (primary N) is 1. The second-order valence-corrected chi connectivity index (χ2v) is 15.9. The molecule has 2 unspecified atom stereocenters. The number of ether oxygens (including phenoxy) is 2. The SMILES string of the molecule is Nc1ncnc2c1ncn2[C@@H]1O[C@@H]2CO[P+](O)(S)O[C@@H]3[C@@H](F)[C@@H](CO[P+](O)(S)O[C@H]2[C@@H]1F)O[C@H]3n1cnc2c(=O)[nH]ccc21. The Kier molecular flexibility index (Phi) is 7.83. The lowest BCUT2D eigenvalue weighted by atomic mass is 10.1. The minimum Gasteiger partial charge on any atom is -0.382 e. The largest absolute Gasteiger partial charge is 0.476 e. The second kappa shape index (κ2) is 11.3. The molecular weight excluding hydrogens is 672 g/mol. The summed E-state index contributed by atoms with van der Waals surface area (Å²) in [7, 11) is -8.34. The minimum atomic E-state index is -4.18. The highest BCUT2D eigenvalue weighted by Gasteiger charge is 2.60. The lowest BCUT2D eigenvalue weighted by Gasteiger charge is -2.23. The van der Waals surface area contributed by atoms with Crippen LogP contribution in [0, 0.1) is 0 Å². The number of halogens is 2. The van der Waals surface area contributed by atoms with E-state index in [2.05, 4.69) is 49.4 Å². The van der Waals surface area contributed by atoms with E-state index in [0.717, 1.165) is 0 Å². The van der Waals surface area contributed by atoms with Crippen molar-refractivity contribution >= 4 is 66.8 Å². The third-order valence-electron chi connectivity index (χ3n) is 7.30. The van der Waals surface area contributed by atoms with Gasteiger partial charge >= 0.3 is 14.3 Å². The van der Waals surface area contributed by atoms with Gasteiger partial charge in [0.2, 0.25) is 0 Å². The molecule has 3 aliphatic heterocycles. The predicted octanol–water partition coefficient (Wildman–Crippen LogP) is 1.63. The Morgan fingerprint density at radius 2 is 1.57 bits per heavy atom. The van der Waals surface area contributed by atoms with Crippen LogP contribution >= 0.6 is 38.8 Å². The molecule has 7 rings (SSSR count). The number of aromatic amines is 1. The molecule has 2 bridgehead atoms. The number of aromatic nitrogens is 7. The average Bonchev–Trinajstić information content (AvgIpc) is 3.73. The quantitative estimate of drug-likeness (QED) is 0.130. The van der Waals surface area contributed by atoms with Crippen LogP contribution in [0.3, 0.4) is 0 Å². The van der Waals surface area contributed by atoms with E-state index >= 15 is 8.78 Å². The molecule has 0 spiro atoms. The Labute approximate surface area is 256 Å². The van der Waals surface area contributed by atoms with Crippen molar-refractivity contribution in [3.8, 4) is 0 Å². The first-order valence-electron chi connectivity index (χ1n) is 12.8. The molecule has 236 valence electrons. The number of H-pyrrole nitrogens is 1. The van der Waals surface area contributed by atoms with E-state index < -0.39 is 82.3 Å². The van der Waals surface area contributed by atoms with Crippen LogP contribution in [0.1, 0.15) is 12.5 Å². The Morgan fingerprint density at radius 1 is 0.909 bits per heavy atom. The fraction of sp³-hybridized carbons (Fsp3) is 0.476. The Bertz CT molecular complexity index is 1770. The van der Waals surface area contributed by atoms with Crippen molar-refractivity contribution in [2.45, 2.75) is 49.2 Å². The summed E-state index contributed by atoms with van der Waals surface area (Å²) >= 11 is 8.22. The summed E-state index contributed by atoms with van der Waals surface area (Å²) in [4.78, 5) is 52.9. The summed E-state index contributed by atoms with van der Waals surface area (Å²) in [5, 5.41) is 0. The predicted molar refractivity (Wildman–Crippen MR) is 156 cm³/mol. The van der Waals surface area contributed by atoms with Gasteiger partial charge < -0.3 is 24.8 Å². The van der Waals surface area contributed by atoms with Crippen LogP contribution in [-0.4, -0.2) is 93.8 Å². The molecule has 0 amide bonds. The van der Waals surface area contributed by atoms with Gasteiger partial charge in [0, 0.05) is 6.20 Å². The molecule has 0 saturated carbocycles. The standard InChI is InChI=1S/C21H23F2N8O9P2S2/c22-11-9-3-35-41(33,43)39-15-10(38-20(12(15)23)31-7-29-14-17(24)26-5-27-18(14)31)4-36-42(34,44)40-16(11)21(37-9)30-6-28-13-8(30)1-2-25-19(13)32/h1-2,5-7,9-12,15-16,20-21,33-34,43-44H,3-4H2,(H2-,24,25,26,27,32)/q+1/p+1/t9-,10-,11+,12+,15-,16-,20-,21-,41?,42?/m1/s1. The molecule has 10 atom stereocenters. The number of thiol groups is 2. The van der Waals surface area contributed by atoms with Crippen molar-refractivity contribution < 1.29 is 46.1 Å². The molecule has 3 fully saturated rings. The minimum absolute atomic E-state index is 0.0511. The highest BCUT2D eigenvalue weighted by molar-refractivity contribution is 8.47. The normalized spacial score (nSPS) is 38.3. The molecule has 0 aromatic carbocycles. The molecular formula is C21H24F2N8O9P2S2+2. The van der Waals surface area contributed by atoms with Gasteiger partial charge in [-0.25, -0.2) is 28.7 Å². The van der Waals surface area contributed by atoms with Gasteiger partial charge in [-0.15, -0.1) is 0 Å². The van der Waals surface area contributed by atoms with E-state index in [1.54, 1.807) is 0 Å². The average molecular weight is 697 g/mol. The smallest absolute Gasteiger partial charge is 0.382 e. The molecule has 7 heterocycles. The van der Waals surface area contributed by atoms with Gasteiger partial charge in [-0.3, -0.25) is 9.36 Å². The lowest BCUT2D eigenvalue weighted by molar-refractivity contribution is -0.0604. The van der Waals surface area contributed by atoms with Gasteiger partial charge in [-0.2, -0.15) is 27.9 Å². The third-order valence-corrected chi connectivity index (χ3v) is 10.6. The van der Waals surface area contributed by atoms with E-state index in [-0.39, 0.29) is 28.0 Å². The summed E-state index contributed by atoms with van der Waals surface area (Å²) in [5.74, 6) is 0.0623. The molecule has 23 heteroatoms. The van der Waals surface area contributed by atoms with Gasteiger partial charge in [-0.1, -0.05) is 0 Å². The van der Waals surface area contributed by atoms with E-state index in [4.69, 9.17) is 33.3 Å². The number of rotatable bonds is 2. The molecule has 44 heavy (non-hydrogen) atoms. The third kappa shape index (κ3) is 5.37. The maximum Gasteiger partial charge on any atom is 0.476 e. The van der Waals surface area contributed by atoms with Gasteiger partial charge in [0.15, 0.2) is 54.0 Å². The van der Waals surface area contributed by atoms with Crippen LogP contribution in [0.15, 0.2) is 36.0 Å². The highest BCUT2D eigenvalue weighted by atomic mass is 32.7. The zero-order chi connectivity index (χ0) is 31.0.